The minimum atomic E-state index is -3.71. The SMILES string of the molecule is CNS(=O)(=O)c1ccc(-n2ccn(-c3c4c(nn3-c3cc(C)c(F)c(C)c3)CCN(C(=O)c3cc5cc(C6CCOCC6)ccc5n3[C@@]3(c5noc(=O)[nH]5)C[C@@H]3C)C4C)c2=O)cc1. The summed E-state index contributed by atoms with van der Waals surface area (Å²) in [5, 5.41) is 10.1. The molecule has 1 amide bonds. The zero-order valence-electron chi connectivity index (χ0n) is 35.4. The molecule has 18 heteroatoms. The van der Waals surface area contributed by atoms with Crippen LogP contribution in [0, 0.1) is 25.6 Å². The maximum atomic E-state index is 15.4. The molecule has 3 aromatic carbocycles. The van der Waals surface area contributed by atoms with Gasteiger partial charge < -0.3 is 14.2 Å². The quantitative estimate of drug-likeness (QED) is 0.188. The molecule has 1 saturated heterocycles. The zero-order valence-corrected chi connectivity index (χ0v) is 36.2. The summed E-state index contributed by atoms with van der Waals surface area (Å²) >= 11 is 0. The third-order valence-electron chi connectivity index (χ3n) is 13.3. The van der Waals surface area contributed by atoms with Gasteiger partial charge in [0.2, 0.25) is 10.0 Å². The fourth-order valence-corrected chi connectivity index (χ4v) is 10.6. The van der Waals surface area contributed by atoms with E-state index in [1.54, 1.807) is 60.1 Å². The Kier molecular flexibility index (Phi) is 9.61. The Bertz CT molecular complexity index is 3180. The molecule has 2 N–H and O–H groups in total. The van der Waals surface area contributed by atoms with Crippen LogP contribution in [0.3, 0.4) is 0 Å². The van der Waals surface area contributed by atoms with Gasteiger partial charge in [-0.25, -0.2) is 31.8 Å². The van der Waals surface area contributed by atoms with Crippen molar-refractivity contribution in [3.8, 4) is 17.2 Å². The average Bonchev–Trinajstić information content (AvgIpc) is 3.78. The third-order valence-corrected chi connectivity index (χ3v) is 14.8. The van der Waals surface area contributed by atoms with E-state index < -0.39 is 33.0 Å². The second kappa shape index (κ2) is 14.9. The van der Waals surface area contributed by atoms with Crippen molar-refractivity contribution in [3.63, 3.8) is 0 Å². The highest BCUT2D eigenvalue weighted by Crippen LogP contribution is 2.56. The molecule has 7 aromatic rings. The standard InChI is InChI=1S/C45H46FN9O7S/c1-25-20-33(21-26(2)39(25)46)55-40(53-17-16-52(44(53)58)32-7-9-34(10-8-32)63(59,60)47-5)38-28(4)51(15-12-35(38)49-55)41(56)37-23-31-22-30(29-13-18-61-19-14-29)6-11-36(31)54(37)45(24-27(45)3)42-48-43(57)62-50-42/h6-11,16-17,20-23,27-29,47H,12-15,18-19,24H2,1-5H3,(H,48,50,57)/t27-,28?,45-/m0/s1. The van der Waals surface area contributed by atoms with Crippen LogP contribution < -0.4 is 16.2 Å². The minimum absolute atomic E-state index is 0.00763. The van der Waals surface area contributed by atoms with Crippen LogP contribution in [-0.4, -0.2) is 79.7 Å². The van der Waals surface area contributed by atoms with Crippen LogP contribution in [0.4, 0.5) is 4.39 Å². The van der Waals surface area contributed by atoms with Gasteiger partial charge >= 0.3 is 11.4 Å². The van der Waals surface area contributed by atoms with E-state index >= 15 is 9.18 Å². The number of halogens is 1. The summed E-state index contributed by atoms with van der Waals surface area (Å²) in [6.45, 7) is 9.00. The third kappa shape index (κ3) is 6.44. The Morgan fingerprint density at radius 3 is 2.30 bits per heavy atom. The van der Waals surface area contributed by atoms with Crippen molar-refractivity contribution in [2.45, 2.75) is 75.8 Å². The first kappa shape index (κ1) is 40.7. The van der Waals surface area contributed by atoms with Crippen LogP contribution in [0.25, 0.3) is 28.1 Å². The Balaban J connectivity index is 1.11. The van der Waals surface area contributed by atoms with Crippen LogP contribution in [-0.2, 0) is 26.7 Å². The lowest BCUT2D eigenvalue weighted by molar-refractivity contribution is 0.0663. The predicted octanol–water partition coefficient (Wildman–Crippen LogP) is 5.55. The summed E-state index contributed by atoms with van der Waals surface area (Å²) in [7, 11) is -2.39. The molecule has 2 fully saturated rings. The van der Waals surface area contributed by atoms with Gasteiger partial charge in [-0.1, -0.05) is 18.1 Å². The lowest BCUT2D eigenvalue weighted by atomic mass is 9.91. The molecule has 1 saturated carbocycles. The number of amides is 1. The van der Waals surface area contributed by atoms with E-state index in [4.69, 9.17) is 14.4 Å². The van der Waals surface area contributed by atoms with Crippen LogP contribution in [0.2, 0.25) is 0 Å². The van der Waals surface area contributed by atoms with Gasteiger partial charge in [-0.15, -0.1) is 0 Å². The van der Waals surface area contributed by atoms with Gasteiger partial charge in [0.1, 0.15) is 22.9 Å². The number of carbonyl (C=O) groups is 1. The number of nitrogens with zero attached hydrogens (tertiary/aromatic N) is 7. The molecular formula is C45H46FN9O7S. The molecule has 0 radical (unpaired) electrons. The average molecular weight is 876 g/mol. The van der Waals surface area contributed by atoms with Gasteiger partial charge in [0.05, 0.1) is 28.0 Å². The second-order valence-electron chi connectivity index (χ2n) is 17.0. The number of aryl methyl sites for hydroxylation is 2. The molecule has 63 heavy (non-hydrogen) atoms. The number of fused-ring (bicyclic) bond motifs is 2. The minimum Gasteiger partial charge on any atom is -0.381 e. The van der Waals surface area contributed by atoms with Gasteiger partial charge in [0.25, 0.3) is 5.91 Å². The van der Waals surface area contributed by atoms with Crippen molar-refractivity contribution < 1.29 is 26.9 Å². The largest absolute Gasteiger partial charge is 0.438 e. The maximum absolute atomic E-state index is 15.4. The van der Waals surface area contributed by atoms with Crippen LogP contribution in [0.15, 0.2) is 92.1 Å². The highest BCUT2D eigenvalue weighted by Gasteiger charge is 2.59. The normalized spacial score (nSPS) is 20.4. The highest BCUT2D eigenvalue weighted by atomic mass is 32.2. The molecule has 6 heterocycles. The van der Waals surface area contributed by atoms with Crippen LogP contribution >= 0.6 is 0 Å². The number of aromatic amines is 1. The van der Waals surface area contributed by atoms with E-state index in [2.05, 4.69) is 40.0 Å². The molecule has 0 spiro atoms. The number of carbonyl (C=O) groups excluding carboxylic acids is 1. The van der Waals surface area contributed by atoms with Crippen molar-refractivity contribution in [2.75, 3.05) is 26.8 Å². The molecule has 2 aliphatic heterocycles. The first-order valence-corrected chi connectivity index (χ1v) is 22.5. The summed E-state index contributed by atoms with van der Waals surface area (Å²) in [5.74, 6) is -0.212. The van der Waals surface area contributed by atoms with E-state index in [9.17, 15) is 18.0 Å². The maximum Gasteiger partial charge on any atom is 0.438 e. The molecule has 3 atom stereocenters. The summed E-state index contributed by atoms with van der Waals surface area (Å²) in [6.07, 6.45) is 5.97. The van der Waals surface area contributed by atoms with Crippen molar-refractivity contribution in [1.29, 1.82) is 0 Å². The fraction of sp³-hybridized carbons (Fsp3) is 0.356. The van der Waals surface area contributed by atoms with Crippen LogP contribution in [0.1, 0.15) is 89.3 Å². The van der Waals surface area contributed by atoms with Gasteiger partial charge in [0.15, 0.2) is 5.82 Å². The Morgan fingerprint density at radius 2 is 1.65 bits per heavy atom. The van der Waals surface area contributed by atoms with Gasteiger partial charge in [-0.2, -0.15) is 5.10 Å². The molecule has 4 aromatic heterocycles. The van der Waals surface area contributed by atoms with E-state index in [0.717, 1.165) is 23.7 Å². The number of nitrogens with one attached hydrogen (secondary N) is 2. The van der Waals surface area contributed by atoms with Crippen LogP contribution in [0.5, 0.6) is 0 Å². The molecular weight excluding hydrogens is 830 g/mol. The Hall–Kier alpha value is -6.37. The number of H-pyrrole nitrogens is 1. The summed E-state index contributed by atoms with van der Waals surface area (Å²) in [5.41, 5.74) is 4.19. The monoisotopic (exact) mass is 875 g/mol. The van der Waals surface area contributed by atoms with E-state index in [-0.39, 0.29) is 22.5 Å². The van der Waals surface area contributed by atoms with Gasteiger partial charge in [-0.3, -0.25) is 23.4 Å². The van der Waals surface area contributed by atoms with Gasteiger partial charge in [-0.05, 0) is 130 Å². The smallest absolute Gasteiger partial charge is 0.381 e. The molecule has 326 valence electrons. The van der Waals surface area contributed by atoms with E-state index in [1.807, 2.05) is 17.6 Å². The highest BCUT2D eigenvalue weighted by molar-refractivity contribution is 7.89. The molecule has 3 aliphatic rings. The van der Waals surface area contributed by atoms with E-state index in [0.29, 0.717) is 89.6 Å². The topological polar surface area (TPSA) is 184 Å². The number of aromatic nitrogens is 7. The molecule has 10 rings (SSSR count). The number of ether oxygens (including phenoxy) is 1. The van der Waals surface area contributed by atoms with Gasteiger partial charge in [0, 0.05) is 55.0 Å². The summed E-state index contributed by atoms with van der Waals surface area (Å²) in [4.78, 5) is 47.0. The molecule has 1 aliphatic carbocycles. The number of benzene rings is 3. The van der Waals surface area contributed by atoms with Crippen molar-refractivity contribution in [3.05, 3.63) is 139 Å². The first-order chi connectivity index (χ1) is 30.2. The predicted molar refractivity (Wildman–Crippen MR) is 230 cm³/mol. The number of rotatable bonds is 9. The Morgan fingerprint density at radius 1 is 0.952 bits per heavy atom. The first-order valence-electron chi connectivity index (χ1n) is 21.1. The Labute approximate surface area is 360 Å². The fourth-order valence-electron chi connectivity index (χ4n) is 9.85. The lowest BCUT2D eigenvalue weighted by Crippen LogP contribution is -2.41. The lowest BCUT2D eigenvalue weighted by Gasteiger charge is -2.34. The number of hydrogen-bond donors (Lipinski definition) is 2. The van der Waals surface area contributed by atoms with Crippen molar-refractivity contribution >= 4 is 26.8 Å². The number of hydrogen-bond acceptors (Lipinski definition) is 9. The van der Waals surface area contributed by atoms with E-state index in [1.165, 1.54) is 33.9 Å². The number of imidazole rings is 1. The zero-order chi connectivity index (χ0) is 44.1. The molecule has 0 bridgehead atoms. The molecule has 16 nitrogen and oxygen atoms in total. The van der Waals surface area contributed by atoms with Crippen molar-refractivity contribution in [1.82, 2.24) is 43.2 Å². The van der Waals surface area contributed by atoms with Crippen molar-refractivity contribution in [2.24, 2.45) is 5.92 Å². The second-order valence-corrected chi connectivity index (χ2v) is 18.9. The number of sulfonamides is 1. The summed E-state index contributed by atoms with van der Waals surface area (Å²) in [6, 6.07) is 16.9. The summed E-state index contributed by atoms with van der Waals surface area (Å²) < 4.78 is 59.4. The molecule has 1 unspecified atom stereocenters.